The SMILES string of the molecule is Cc1ccc(C)c(S(=O)(=O)Nc2ccccc2C(=O)N2CCN(c3ccc(F)cc3)CC2)c1. The Morgan fingerprint density at radius 2 is 1.58 bits per heavy atom. The summed E-state index contributed by atoms with van der Waals surface area (Å²) in [6, 6.07) is 18.2. The second kappa shape index (κ2) is 9.23. The van der Waals surface area contributed by atoms with Crippen molar-refractivity contribution in [3.8, 4) is 0 Å². The molecular formula is C25H26FN3O3S. The summed E-state index contributed by atoms with van der Waals surface area (Å²) in [6.07, 6.45) is 0. The first-order valence-corrected chi connectivity index (χ1v) is 12.2. The summed E-state index contributed by atoms with van der Waals surface area (Å²) in [5, 5.41) is 0. The van der Waals surface area contributed by atoms with E-state index in [-0.39, 0.29) is 22.3 Å². The van der Waals surface area contributed by atoms with Crippen LogP contribution in [0.15, 0.2) is 71.6 Å². The van der Waals surface area contributed by atoms with Gasteiger partial charge in [-0.15, -0.1) is 0 Å². The molecule has 0 saturated carbocycles. The third-order valence-electron chi connectivity index (χ3n) is 5.79. The fourth-order valence-electron chi connectivity index (χ4n) is 3.95. The van der Waals surface area contributed by atoms with Crippen LogP contribution in [0.2, 0.25) is 0 Å². The van der Waals surface area contributed by atoms with Crippen LogP contribution in [0, 0.1) is 19.7 Å². The molecule has 3 aromatic carbocycles. The van der Waals surface area contributed by atoms with Crippen molar-refractivity contribution in [3.05, 3.63) is 89.2 Å². The standard InChI is InChI=1S/C25H26FN3O3S/c1-18-7-8-19(2)24(17-18)33(31,32)27-23-6-4-3-5-22(23)25(30)29-15-13-28(14-16-29)21-11-9-20(26)10-12-21/h3-12,17,27H,13-16H2,1-2H3. The lowest BCUT2D eigenvalue weighted by molar-refractivity contribution is 0.0748. The first-order chi connectivity index (χ1) is 15.7. The zero-order valence-electron chi connectivity index (χ0n) is 18.6. The highest BCUT2D eigenvalue weighted by atomic mass is 32.2. The van der Waals surface area contributed by atoms with Gasteiger partial charge in [-0.2, -0.15) is 0 Å². The maximum Gasteiger partial charge on any atom is 0.262 e. The molecule has 1 amide bonds. The van der Waals surface area contributed by atoms with Crippen LogP contribution in [-0.2, 0) is 10.0 Å². The van der Waals surface area contributed by atoms with Gasteiger partial charge in [-0.1, -0.05) is 24.3 Å². The number of nitrogens with one attached hydrogen (secondary N) is 1. The van der Waals surface area contributed by atoms with Crippen molar-refractivity contribution >= 4 is 27.3 Å². The number of hydrogen-bond acceptors (Lipinski definition) is 4. The molecule has 0 spiro atoms. The minimum Gasteiger partial charge on any atom is -0.368 e. The largest absolute Gasteiger partial charge is 0.368 e. The van der Waals surface area contributed by atoms with E-state index in [9.17, 15) is 17.6 Å². The molecule has 1 heterocycles. The molecule has 1 saturated heterocycles. The monoisotopic (exact) mass is 467 g/mol. The number of anilines is 2. The van der Waals surface area contributed by atoms with E-state index in [1.807, 2.05) is 13.0 Å². The minimum absolute atomic E-state index is 0.192. The predicted molar refractivity (Wildman–Crippen MR) is 128 cm³/mol. The van der Waals surface area contributed by atoms with Gasteiger partial charge in [0.05, 0.1) is 16.1 Å². The Morgan fingerprint density at radius 3 is 2.27 bits per heavy atom. The summed E-state index contributed by atoms with van der Waals surface area (Å²) < 4.78 is 42.0. The second-order valence-electron chi connectivity index (χ2n) is 8.18. The van der Waals surface area contributed by atoms with E-state index in [1.54, 1.807) is 60.4 Å². The number of carbonyl (C=O) groups excluding carboxylic acids is 1. The van der Waals surface area contributed by atoms with Gasteiger partial charge in [0.1, 0.15) is 5.82 Å². The predicted octanol–water partition coefficient (Wildman–Crippen LogP) is 4.21. The van der Waals surface area contributed by atoms with Crippen LogP contribution in [0.5, 0.6) is 0 Å². The second-order valence-corrected chi connectivity index (χ2v) is 9.83. The molecule has 3 aromatic rings. The summed E-state index contributed by atoms with van der Waals surface area (Å²) >= 11 is 0. The fourth-order valence-corrected chi connectivity index (χ4v) is 5.36. The van der Waals surface area contributed by atoms with Crippen LogP contribution in [0.25, 0.3) is 0 Å². The molecule has 0 radical (unpaired) electrons. The topological polar surface area (TPSA) is 69.7 Å². The third kappa shape index (κ3) is 5.01. The van der Waals surface area contributed by atoms with Crippen molar-refractivity contribution in [3.63, 3.8) is 0 Å². The lowest BCUT2D eigenvalue weighted by Gasteiger charge is -2.36. The molecular weight excluding hydrogens is 441 g/mol. The highest BCUT2D eigenvalue weighted by Crippen LogP contribution is 2.25. The molecule has 1 fully saturated rings. The zero-order chi connectivity index (χ0) is 23.6. The highest BCUT2D eigenvalue weighted by molar-refractivity contribution is 7.92. The van der Waals surface area contributed by atoms with Crippen molar-refractivity contribution in [2.45, 2.75) is 18.7 Å². The number of amides is 1. The highest BCUT2D eigenvalue weighted by Gasteiger charge is 2.26. The Morgan fingerprint density at radius 1 is 0.909 bits per heavy atom. The van der Waals surface area contributed by atoms with Crippen molar-refractivity contribution in [1.29, 1.82) is 0 Å². The smallest absolute Gasteiger partial charge is 0.262 e. The molecule has 1 aliphatic rings. The summed E-state index contributed by atoms with van der Waals surface area (Å²) in [7, 11) is -3.86. The molecule has 8 heteroatoms. The molecule has 172 valence electrons. The fraction of sp³-hybridized carbons (Fsp3) is 0.240. The Labute approximate surface area is 193 Å². The maximum absolute atomic E-state index is 13.3. The number of hydrogen-bond donors (Lipinski definition) is 1. The first-order valence-electron chi connectivity index (χ1n) is 10.7. The molecule has 1 N–H and O–H groups in total. The minimum atomic E-state index is -3.86. The van der Waals surface area contributed by atoms with Gasteiger partial charge in [0.2, 0.25) is 0 Å². The molecule has 0 bridgehead atoms. The first kappa shape index (κ1) is 22.8. The average Bonchev–Trinajstić information content (AvgIpc) is 2.81. The Bertz CT molecular complexity index is 1270. The number of piperazine rings is 1. The lowest BCUT2D eigenvalue weighted by atomic mass is 10.1. The van der Waals surface area contributed by atoms with Crippen LogP contribution in [-0.4, -0.2) is 45.4 Å². The van der Waals surface area contributed by atoms with Crippen LogP contribution in [0.3, 0.4) is 0 Å². The van der Waals surface area contributed by atoms with Gasteiger partial charge in [-0.05, 0) is 67.4 Å². The number of aryl methyl sites for hydroxylation is 2. The average molecular weight is 468 g/mol. The van der Waals surface area contributed by atoms with Crippen LogP contribution in [0.1, 0.15) is 21.5 Å². The van der Waals surface area contributed by atoms with Gasteiger partial charge in [0.25, 0.3) is 15.9 Å². The normalized spacial score (nSPS) is 14.3. The van der Waals surface area contributed by atoms with Crippen molar-refractivity contribution in [2.75, 3.05) is 35.8 Å². The van der Waals surface area contributed by atoms with Crippen LogP contribution in [0.4, 0.5) is 15.8 Å². The third-order valence-corrected chi connectivity index (χ3v) is 7.30. The Kier molecular flexibility index (Phi) is 6.37. The van der Waals surface area contributed by atoms with E-state index < -0.39 is 10.0 Å². The van der Waals surface area contributed by atoms with Crippen LogP contribution >= 0.6 is 0 Å². The maximum atomic E-state index is 13.3. The summed E-state index contributed by atoms with van der Waals surface area (Å²) in [6.45, 7) is 5.75. The summed E-state index contributed by atoms with van der Waals surface area (Å²) in [5.74, 6) is -0.513. The Hall–Kier alpha value is -3.39. The van der Waals surface area contributed by atoms with E-state index >= 15 is 0 Å². The molecule has 0 aromatic heterocycles. The van der Waals surface area contributed by atoms with Gasteiger partial charge in [-0.3, -0.25) is 9.52 Å². The molecule has 0 aliphatic carbocycles. The molecule has 6 nitrogen and oxygen atoms in total. The molecule has 0 unspecified atom stereocenters. The van der Waals surface area contributed by atoms with E-state index in [1.165, 1.54) is 12.1 Å². The number of carbonyl (C=O) groups is 1. The molecule has 33 heavy (non-hydrogen) atoms. The van der Waals surface area contributed by atoms with Crippen molar-refractivity contribution < 1.29 is 17.6 Å². The van der Waals surface area contributed by atoms with Gasteiger partial charge in [0.15, 0.2) is 0 Å². The van der Waals surface area contributed by atoms with Gasteiger partial charge < -0.3 is 9.80 Å². The zero-order valence-corrected chi connectivity index (χ0v) is 19.4. The van der Waals surface area contributed by atoms with Gasteiger partial charge in [0, 0.05) is 31.9 Å². The van der Waals surface area contributed by atoms with E-state index in [2.05, 4.69) is 9.62 Å². The van der Waals surface area contributed by atoms with E-state index in [0.717, 1.165) is 11.3 Å². The molecule has 0 atom stereocenters. The number of sulfonamides is 1. The summed E-state index contributed by atoms with van der Waals surface area (Å²) in [5.41, 5.74) is 2.94. The van der Waals surface area contributed by atoms with Crippen molar-refractivity contribution in [2.24, 2.45) is 0 Å². The van der Waals surface area contributed by atoms with E-state index in [0.29, 0.717) is 37.3 Å². The Balaban J connectivity index is 1.51. The number of rotatable bonds is 5. The molecule has 4 rings (SSSR count). The lowest BCUT2D eigenvalue weighted by Crippen LogP contribution is -2.49. The van der Waals surface area contributed by atoms with Gasteiger partial charge >= 0.3 is 0 Å². The van der Waals surface area contributed by atoms with E-state index in [4.69, 9.17) is 0 Å². The summed E-state index contributed by atoms with van der Waals surface area (Å²) in [4.78, 5) is 17.3. The molecule has 1 aliphatic heterocycles. The quantitative estimate of drug-likeness (QED) is 0.611. The van der Waals surface area contributed by atoms with Gasteiger partial charge in [-0.25, -0.2) is 12.8 Å². The number of nitrogens with zero attached hydrogens (tertiary/aromatic N) is 2. The number of benzene rings is 3. The number of halogens is 1. The van der Waals surface area contributed by atoms with Crippen LogP contribution < -0.4 is 9.62 Å². The van der Waals surface area contributed by atoms with Crippen molar-refractivity contribution in [1.82, 2.24) is 4.90 Å². The number of para-hydroxylation sites is 1.